The fourth-order valence-corrected chi connectivity index (χ4v) is 4.08. The van der Waals surface area contributed by atoms with Gasteiger partial charge in [-0.2, -0.15) is 0 Å². The molecular formula is C25H19BrN4O. The second kappa shape index (κ2) is 8.32. The van der Waals surface area contributed by atoms with E-state index in [9.17, 15) is 0 Å². The molecule has 3 heterocycles. The van der Waals surface area contributed by atoms with Crippen LogP contribution in [0.1, 0.15) is 11.4 Å². The molecule has 0 saturated carbocycles. The number of nitrogens with zero attached hydrogens (tertiary/aromatic N) is 3. The first-order chi connectivity index (χ1) is 15.2. The molecule has 0 spiro atoms. The van der Waals surface area contributed by atoms with Crippen molar-refractivity contribution in [1.82, 2.24) is 19.9 Å². The van der Waals surface area contributed by atoms with Crippen LogP contribution in [0.4, 0.5) is 0 Å². The van der Waals surface area contributed by atoms with Crippen molar-refractivity contribution in [3.05, 3.63) is 94.9 Å². The minimum absolute atomic E-state index is 0.564. The van der Waals surface area contributed by atoms with Gasteiger partial charge in [-0.25, -0.2) is 9.97 Å². The number of aromatic nitrogens is 4. The highest BCUT2D eigenvalue weighted by Gasteiger charge is 2.17. The number of pyridine rings is 2. The first-order valence-electron chi connectivity index (χ1n) is 9.89. The molecule has 152 valence electrons. The molecule has 0 aliphatic heterocycles. The van der Waals surface area contributed by atoms with Gasteiger partial charge in [0.05, 0.1) is 29.7 Å². The van der Waals surface area contributed by atoms with Gasteiger partial charge in [-0.05, 0) is 42.0 Å². The number of benzene rings is 2. The second-order valence-corrected chi connectivity index (χ2v) is 8.11. The van der Waals surface area contributed by atoms with E-state index in [1.807, 2.05) is 42.5 Å². The fourth-order valence-electron chi connectivity index (χ4n) is 3.63. The maximum Gasteiger partial charge on any atom is 0.213 e. The molecule has 3 aromatic heterocycles. The summed E-state index contributed by atoms with van der Waals surface area (Å²) in [5.41, 5.74) is 5.65. The number of halogens is 1. The zero-order valence-electron chi connectivity index (χ0n) is 16.8. The van der Waals surface area contributed by atoms with Crippen molar-refractivity contribution in [2.45, 2.75) is 6.42 Å². The number of H-pyrrole nitrogens is 1. The molecule has 0 saturated heterocycles. The van der Waals surface area contributed by atoms with Crippen molar-refractivity contribution in [2.75, 3.05) is 7.11 Å². The van der Waals surface area contributed by atoms with Crippen LogP contribution < -0.4 is 4.74 Å². The highest BCUT2D eigenvalue weighted by molar-refractivity contribution is 9.10. The lowest BCUT2D eigenvalue weighted by molar-refractivity contribution is 0.398. The average Bonchev–Trinajstić information content (AvgIpc) is 3.22. The quantitative estimate of drug-likeness (QED) is 0.339. The molecular weight excluding hydrogens is 452 g/mol. The van der Waals surface area contributed by atoms with Crippen LogP contribution >= 0.6 is 15.9 Å². The zero-order valence-corrected chi connectivity index (χ0v) is 18.4. The van der Waals surface area contributed by atoms with Gasteiger partial charge in [0.2, 0.25) is 5.88 Å². The number of fused-ring (bicyclic) bond motifs is 1. The molecule has 31 heavy (non-hydrogen) atoms. The number of ether oxygens (including phenoxy) is 1. The molecule has 5 aromatic rings. The molecule has 0 aliphatic carbocycles. The molecule has 0 bridgehead atoms. The number of hydrogen-bond acceptors (Lipinski definition) is 4. The Hall–Kier alpha value is -3.51. The third-order valence-electron chi connectivity index (χ3n) is 5.08. The van der Waals surface area contributed by atoms with E-state index in [-0.39, 0.29) is 0 Å². The lowest BCUT2D eigenvalue weighted by Crippen LogP contribution is -1.92. The summed E-state index contributed by atoms with van der Waals surface area (Å²) in [6.45, 7) is 0. The number of methoxy groups -OCH3 is 1. The molecule has 0 amide bonds. The Balaban J connectivity index is 1.64. The number of nitrogens with one attached hydrogen (secondary N) is 1. The Morgan fingerprint density at radius 3 is 2.71 bits per heavy atom. The minimum Gasteiger partial charge on any atom is -0.481 e. The summed E-state index contributed by atoms with van der Waals surface area (Å²) in [7, 11) is 1.62. The summed E-state index contributed by atoms with van der Waals surface area (Å²) >= 11 is 3.55. The van der Waals surface area contributed by atoms with E-state index < -0.39 is 0 Å². The van der Waals surface area contributed by atoms with Gasteiger partial charge in [-0.15, -0.1) is 0 Å². The fraction of sp³-hybridized carbons (Fsp3) is 0.0800. The molecule has 2 aromatic carbocycles. The number of imidazole rings is 1. The summed E-state index contributed by atoms with van der Waals surface area (Å²) in [6.07, 6.45) is 2.49. The maximum atomic E-state index is 5.34. The lowest BCUT2D eigenvalue weighted by atomic mass is 10.1. The summed E-state index contributed by atoms with van der Waals surface area (Å²) in [5.74, 6) is 1.44. The minimum atomic E-state index is 0.564. The highest BCUT2D eigenvalue weighted by atomic mass is 79.9. The van der Waals surface area contributed by atoms with Crippen molar-refractivity contribution in [2.24, 2.45) is 0 Å². The summed E-state index contributed by atoms with van der Waals surface area (Å²) in [4.78, 5) is 17.5. The van der Waals surface area contributed by atoms with Gasteiger partial charge in [0.1, 0.15) is 5.82 Å². The average molecular weight is 471 g/mol. The molecule has 5 nitrogen and oxygen atoms in total. The van der Waals surface area contributed by atoms with E-state index in [0.717, 1.165) is 43.8 Å². The molecule has 0 radical (unpaired) electrons. The first kappa shape index (κ1) is 19.5. The molecule has 1 N–H and O–H groups in total. The van der Waals surface area contributed by atoms with Crippen molar-refractivity contribution in [3.8, 4) is 28.5 Å². The Morgan fingerprint density at radius 2 is 1.84 bits per heavy atom. The summed E-state index contributed by atoms with van der Waals surface area (Å²) in [5, 5.41) is 1.07. The standard InChI is InChI=1S/C25H19BrN4O/c1-31-23-9-3-8-21(28-23)25-24(18-10-11-20-17(15-18)6-4-12-27-20)29-22(30-25)14-16-5-2-7-19(26)13-16/h2-13,15H,14H2,1H3,(H,29,30). The number of rotatable bonds is 5. The Morgan fingerprint density at radius 1 is 0.935 bits per heavy atom. The summed E-state index contributed by atoms with van der Waals surface area (Å²) < 4.78 is 6.39. The zero-order chi connectivity index (χ0) is 21.2. The van der Waals surface area contributed by atoms with Gasteiger partial charge in [0.15, 0.2) is 0 Å². The Labute approximate surface area is 188 Å². The lowest BCUT2D eigenvalue weighted by Gasteiger charge is -2.05. The van der Waals surface area contributed by atoms with Crippen LogP contribution in [0, 0.1) is 0 Å². The SMILES string of the molecule is COc1cccc(-c2[nH]c(Cc3cccc(Br)c3)nc2-c2ccc3ncccc3c2)n1. The first-order valence-corrected chi connectivity index (χ1v) is 10.7. The largest absolute Gasteiger partial charge is 0.481 e. The van der Waals surface area contributed by atoms with Crippen molar-refractivity contribution in [3.63, 3.8) is 0 Å². The Kier molecular flexibility index (Phi) is 5.22. The van der Waals surface area contributed by atoms with Crippen LogP contribution in [-0.4, -0.2) is 27.0 Å². The van der Waals surface area contributed by atoms with E-state index in [1.165, 1.54) is 5.56 Å². The highest BCUT2D eigenvalue weighted by Crippen LogP contribution is 2.32. The second-order valence-electron chi connectivity index (χ2n) is 7.19. The van der Waals surface area contributed by atoms with E-state index in [1.54, 1.807) is 13.3 Å². The predicted molar refractivity (Wildman–Crippen MR) is 126 cm³/mol. The van der Waals surface area contributed by atoms with Crippen molar-refractivity contribution >= 4 is 26.8 Å². The smallest absolute Gasteiger partial charge is 0.213 e. The molecule has 0 unspecified atom stereocenters. The molecule has 0 aliphatic rings. The van der Waals surface area contributed by atoms with Crippen LogP contribution in [-0.2, 0) is 6.42 Å². The summed E-state index contributed by atoms with van der Waals surface area (Å²) in [6, 6.07) is 24.2. The van der Waals surface area contributed by atoms with Crippen molar-refractivity contribution in [1.29, 1.82) is 0 Å². The van der Waals surface area contributed by atoms with Crippen LogP contribution in [0.15, 0.2) is 83.5 Å². The van der Waals surface area contributed by atoms with E-state index in [4.69, 9.17) is 9.72 Å². The van der Waals surface area contributed by atoms with Gasteiger partial charge in [0, 0.05) is 34.1 Å². The third kappa shape index (κ3) is 4.07. The number of aromatic amines is 1. The maximum absolute atomic E-state index is 5.34. The van der Waals surface area contributed by atoms with Crippen molar-refractivity contribution < 1.29 is 4.74 Å². The van der Waals surface area contributed by atoms with E-state index >= 15 is 0 Å². The van der Waals surface area contributed by atoms with Crippen LogP contribution in [0.2, 0.25) is 0 Å². The van der Waals surface area contributed by atoms with Crippen LogP contribution in [0.3, 0.4) is 0 Å². The van der Waals surface area contributed by atoms with Gasteiger partial charge in [-0.1, -0.05) is 46.3 Å². The molecule has 0 fully saturated rings. The van der Waals surface area contributed by atoms with Gasteiger partial charge >= 0.3 is 0 Å². The van der Waals surface area contributed by atoms with Gasteiger partial charge in [-0.3, -0.25) is 4.98 Å². The van der Waals surface area contributed by atoms with Gasteiger partial charge in [0.25, 0.3) is 0 Å². The topological polar surface area (TPSA) is 63.7 Å². The van der Waals surface area contributed by atoms with Crippen LogP contribution in [0.25, 0.3) is 33.5 Å². The third-order valence-corrected chi connectivity index (χ3v) is 5.57. The van der Waals surface area contributed by atoms with Crippen LogP contribution in [0.5, 0.6) is 5.88 Å². The van der Waals surface area contributed by atoms with E-state index in [2.05, 4.69) is 61.2 Å². The molecule has 6 heteroatoms. The van der Waals surface area contributed by atoms with Gasteiger partial charge < -0.3 is 9.72 Å². The predicted octanol–water partition coefficient (Wildman–Crippen LogP) is 6.05. The monoisotopic (exact) mass is 470 g/mol. The van der Waals surface area contributed by atoms with E-state index in [0.29, 0.717) is 12.3 Å². The Bertz CT molecular complexity index is 1380. The molecule has 5 rings (SSSR count). The normalized spacial score (nSPS) is 11.0. The number of hydrogen-bond donors (Lipinski definition) is 1. The molecule has 0 atom stereocenters.